The Morgan fingerprint density at radius 1 is 0.824 bits per heavy atom. The zero-order valence-corrected chi connectivity index (χ0v) is 20.3. The van der Waals surface area contributed by atoms with Gasteiger partial charge in [0, 0.05) is 38.4 Å². The van der Waals surface area contributed by atoms with Crippen molar-refractivity contribution in [2.45, 2.75) is 26.4 Å². The van der Waals surface area contributed by atoms with Crippen LogP contribution in [0, 0.1) is 0 Å². The first kappa shape index (κ1) is 20.6. The van der Waals surface area contributed by atoms with E-state index in [9.17, 15) is 9.59 Å². The van der Waals surface area contributed by atoms with E-state index in [0.717, 1.165) is 71.0 Å². The summed E-state index contributed by atoms with van der Waals surface area (Å²) >= 11 is 2.83. The van der Waals surface area contributed by atoms with Crippen LogP contribution in [0.1, 0.15) is 31.1 Å². The molecular formula is C28H20O4S2. The van der Waals surface area contributed by atoms with Crippen molar-refractivity contribution in [3.63, 3.8) is 0 Å². The van der Waals surface area contributed by atoms with E-state index in [1.165, 1.54) is 24.1 Å². The van der Waals surface area contributed by atoms with Crippen LogP contribution in [0.2, 0.25) is 0 Å². The van der Waals surface area contributed by atoms with E-state index < -0.39 is 5.43 Å². The van der Waals surface area contributed by atoms with Gasteiger partial charge in [0.2, 0.25) is 10.9 Å². The van der Waals surface area contributed by atoms with Crippen LogP contribution >= 0.6 is 24.1 Å². The quantitative estimate of drug-likeness (QED) is 0.150. The first-order valence-electron chi connectivity index (χ1n) is 11.5. The highest BCUT2D eigenvalue weighted by Crippen LogP contribution is 2.47. The molecule has 168 valence electrons. The number of hydrogen-bond donors (Lipinski definition) is 0. The Morgan fingerprint density at radius 2 is 1.65 bits per heavy atom. The third-order valence-corrected chi connectivity index (χ3v) is 8.19. The van der Waals surface area contributed by atoms with Crippen LogP contribution < -0.4 is 21.3 Å². The first-order valence-corrected chi connectivity index (χ1v) is 13.4. The van der Waals surface area contributed by atoms with Gasteiger partial charge >= 0.3 is 0 Å². The van der Waals surface area contributed by atoms with Gasteiger partial charge in [-0.3, -0.25) is 13.8 Å². The average Bonchev–Trinajstić information content (AvgIpc) is 2.87. The lowest BCUT2D eigenvalue weighted by Gasteiger charge is -2.28. The summed E-state index contributed by atoms with van der Waals surface area (Å²) in [6.45, 7) is 4.13. The van der Waals surface area contributed by atoms with Gasteiger partial charge in [0.25, 0.3) is 0 Å². The Labute approximate surface area is 203 Å². The summed E-state index contributed by atoms with van der Waals surface area (Å²) in [7, 11) is 0. The summed E-state index contributed by atoms with van der Waals surface area (Å²) in [4.78, 5) is 26.3. The second-order valence-corrected chi connectivity index (χ2v) is 10.7. The molecular weight excluding hydrogens is 464 g/mol. The highest BCUT2D eigenvalue weighted by molar-refractivity contribution is 7.95. The smallest absolute Gasteiger partial charge is 0.233 e. The van der Waals surface area contributed by atoms with E-state index in [4.69, 9.17) is 8.37 Å². The fourth-order valence-electron chi connectivity index (χ4n) is 5.83. The molecule has 2 aliphatic rings. The molecule has 7 rings (SSSR count). The van der Waals surface area contributed by atoms with Crippen LogP contribution in [-0.2, 0) is 14.8 Å². The molecule has 4 nitrogen and oxygen atoms in total. The van der Waals surface area contributed by atoms with Crippen molar-refractivity contribution >= 4 is 79.0 Å². The normalized spacial score (nSPS) is 16.5. The summed E-state index contributed by atoms with van der Waals surface area (Å²) < 4.78 is 12.6. The van der Waals surface area contributed by atoms with E-state index >= 15 is 0 Å². The van der Waals surface area contributed by atoms with Crippen molar-refractivity contribution in [3.05, 3.63) is 78.4 Å². The van der Waals surface area contributed by atoms with Crippen LogP contribution in [0.4, 0.5) is 0 Å². The Bertz CT molecular complexity index is 1910. The zero-order valence-electron chi connectivity index (χ0n) is 18.7. The lowest BCUT2D eigenvalue weighted by molar-refractivity contribution is 0.278. The maximum Gasteiger partial charge on any atom is 0.233 e. The molecule has 0 aliphatic heterocycles. The topological polar surface area (TPSA) is 52.6 Å². The van der Waals surface area contributed by atoms with Crippen molar-refractivity contribution in [1.29, 1.82) is 0 Å². The van der Waals surface area contributed by atoms with Crippen molar-refractivity contribution < 1.29 is 8.37 Å². The Hall–Kier alpha value is -2.80. The predicted octanol–water partition coefficient (Wildman–Crippen LogP) is 4.76. The second kappa shape index (κ2) is 7.35. The molecule has 34 heavy (non-hydrogen) atoms. The molecule has 6 heteroatoms. The van der Waals surface area contributed by atoms with Gasteiger partial charge in [0.05, 0.1) is 12.0 Å². The largest absolute Gasteiger partial charge is 0.426 e. The first-order chi connectivity index (χ1) is 16.7. The van der Waals surface area contributed by atoms with Crippen LogP contribution in [-0.4, -0.2) is 11.5 Å². The second-order valence-electron chi connectivity index (χ2n) is 8.73. The van der Waals surface area contributed by atoms with Gasteiger partial charge < -0.3 is 4.18 Å². The molecule has 0 radical (unpaired) electrons. The minimum absolute atomic E-state index is 0.358. The monoisotopic (exact) mass is 484 g/mol. The molecule has 2 aliphatic carbocycles. The third-order valence-electron chi connectivity index (χ3n) is 7.09. The van der Waals surface area contributed by atoms with E-state index in [0.29, 0.717) is 17.4 Å². The molecule has 0 spiro atoms. The highest BCUT2D eigenvalue weighted by Gasteiger charge is 2.33. The van der Waals surface area contributed by atoms with Gasteiger partial charge in [-0.1, -0.05) is 50.3 Å². The van der Waals surface area contributed by atoms with Gasteiger partial charge in [0.15, 0.2) is 11.9 Å². The van der Waals surface area contributed by atoms with Crippen molar-refractivity contribution in [3.8, 4) is 0 Å². The predicted molar refractivity (Wildman–Crippen MR) is 143 cm³/mol. The SMILES string of the molecule is CCSOC1=c2ccc3c4c5c(c(=O)c(=O)c6ccc7ccc(c(c24)c7c65)C1OSCC)CC=3. The van der Waals surface area contributed by atoms with Gasteiger partial charge in [-0.2, -0.15) is 0 Å². The molecule has 0 saturated heterocycles. The Morgan fingerprint density at radius 3 is 2.47 bits per heavy atom. The maximum atomic E-state index is 13.1. The average molecular weight is 485 g/mol. The number of hydrogen-bond acceptors (Lipinski definition) is 6. The molecule has 0 heterocycles. The molecule has 0 amide bonds. The molecule has 0 N–H and O–H groups in total. The van der Waals surface area contributed by atoms with Crippen molar-refractivity contribution in [1.82, 2.24) is 0 Å². The lowest BCUT2D eigenvalue weighted by Crippen LogP contribution is -2.31. The van der Waals surface area contributed by atoms with Gasteiger partial charge in [-0.05, 0) is 62.2 Å². The lowest BCUT2D eigenvalue weighted by atomic mass is 9.79. The Kier molecular flexibility index (Phi) is 4.44. The number of benzene rings is 5. The van der Waals surface area contributed by atoms with Crippen LogP contribution in [0.3, 0.4) is 0 Å². The number of rotatable bonds is 6. The minimum atomic E-state index is -0.398. The fourth-order valence-corrected chi connectivity index (χ4v) is 6.71. The van der Waals surface area contributed by atoms with Gasteiger partial charge in [-0.15, -0.1) is 0 Å². The van der Waals surface area contributed by atoms with E-state index in [-0.39, 0.29) is 11.5 Å². The molecule has 1 unspecified atom stereocenters. The zero-order chi connectivity index (χ0) is 23.1. The summed E-state index contributed by atoms with van der Waals surface area (Å²) in [6, 6.07) is 12.3. The molecule has 0 saturated carbocycles. The minimum Gasteiger partial charge on any atom is -0.426 e. The van der Waals surface area contributed by atoms with Crippen LogP contribution in [0.15, 0.2) is 46.0 Å². The maximum absolute atomic E-state index is 13.1. The van der Waals surface area contributed by atoms with Crippen molar-refractivity contribution in [2.75, 3.05) is 11.5 Å². The third kappa shape index (κ3) is 2.46. The summed E-state index contributed by atoms with van der Waals surface area (Å²) in [5, 5.41) is 9.86. The molecule has 0 fully saturated rings. The summed E-state index contributed by atoms with van der Waals surface area (Å²) in [5.41, 5.74) is 0.890. The molecule has 0 aromatic heterocycles. The summed E-state index contributed by atoms with van der Waals surface area (Å²) in [6.07, 6.45) is 2.20. The van der Waals surface area contributed by atoms with Gasteiger partial charge in [0.1, 0.15) is 0 Å². The highest BCUT2D eigenvalue weighted by atomic mass is 32.2. The molecule has 5 aromatic carbocycles. The molecule has 0 bridgehead atoms. The van der Waals surface area contributed by atoms with E-state index in [1.54, 1.807) is 0 Å². The van der Waals surface area contributed by atoms with Crippen LogP contribution in [0.5, 0.6) is 0 Å². The standard InChI is InChI=1S/C28H20O4S2/c1-3-33-31-27-17-11-7-13-5-9-15-21-19(13)23(17)24-18(28(27)32-34-4-2)12-8-14-6-10-16(22(21)20(14)24)26(30)25(15)29/h5-9,11-12,27H,3-4,10H2,1-2H3. The van der Waals surface area contributed by atoms with Crippen LogP contribution in [0.25, 0.3) is 54.9 Å². The Balaban J connectivity index is 1.83. The van der Waals surface area contributed by atoms with Gasteiger partial charge in [-0.25, -0.2) is 0 Å². The van der Waals surface area contributed by atoms with Crippen molar-refractivity contribution in [2.24, 2.45) is 0 Å². The fraction of sp³-hybridized carbons (Fsp3) is 0.214. The molecule has 5 aromatic rings. The van der Waals surface area contributed by atoms with E-state index in [1.807, 2.05) is 12.1 Å². The summed E-state index contributed by atoms with van der Waals surface area (Å²) in [5.74, 6) is 2.43. The molecule has 1 atom stereocenters. The van der Waals surface area contributed by atoms with E-state index in [2.05, 4.69) is 44.2 Å².